The van der Waals surface area contributed by atoms with E-state index in [0.717, 1.165) is 37.3 Å². The van der Waals surface area contributed by atoms with E-state index in [1.807, 2.05) is 22.9 Å². The van der Waals surface area contributed by atoms with Crippen LogP contribution in [0.3, 0.4) is 0 Å². The summed E-state index contributed by atoms with van der Waals surface area (Å²) < 4.78 is 12.4. The summed E-state index contributed by atoms with van der Waals surface area (Å²) in [6.45, 7) is 2.70. The Labute approximate surface area is 154 Å². The van der Waals surface area contributed by atoms with Crippen molar-refractivity contribution in [2.45, 2.75) is 57.5 Å². The smallest absolute Gasteiger partial charge is 0.249 e. The molecule has 3 rings (SSSR count). The summed E-state index contributed by atoms with van der Waals surface area (Å²) in [5.41, 5.74) is 0.831. The van der Waals surface area contributed by atoms with Crippen molar-refractivity contribution in [2.75, 3.05) is 20.8 Å². The number of carbonyl (C=O) groups is 2. The molecule has 0 radical (unpaired) electrons. The molecule has 0 spiro atoms. The van der Waals surface area contributed by atoms with E-state index < -0.39 is 12.3 Å². The van der Waals surface area contributed by atoms with Gasteiger partial charge in [0.25, 0.3) is 0 Å². The van der Waals surface area contributed by atoms with E-state index in [2.05, 4.69) is 12.2 Å². The van der Waals surface area contributed by atoms with Gasteiger partial charge < -0.3 is 24.3 Å². The summed E-state index contributed by atoms with van der Waals surface area (Å²) in [7, 11) is 3.06. The van der Waals surface area contributed by atoms with Crippen molar-refractivity contribution in [3.8, 4) is 0 Å². The van der Waals surface area contributed by atoms with Gasteiger partial charge in [-0.05, 0) is 43.7 Å². The van der Waals surface area contributed by atoms with Gasteiger partial charge in [0.15, 0.2) is 12.3 Å². The van der Waals surface area contributed by atoms with Crippen molar-refractivity contribution in [1.82, 2.24) is 14.8 Å². The number of hydrogen-bond donors (Lipinski definition) is 1. The molecule has 1 saturated carbocycles. The van der Waals surface area contributed by atoms with Crippen LogP contribution in [0.2, 0.25) is 0 Å². The molecule has 1 N–H and O–H groups in total. The van der Waals surface area contributed by atoms with Crippen molar-refractivity contribution in [3.05, 3.63) is 24.0 Å². The summed E-state index contributed by atoms with van der Waals surface area (Å²) >= 11 is 0. The molecule has 2 amide bonds. The van der Waals surface area contributed by atoms with Crippen LogP contribution in [-0.2, 0) is 25.6 Å². The molecule has 144 valence electrons. The molecule has 2 aliphatic rings. The van der Waals surface area contributed by atoms with Gasteiger partial charge in [-0.1, -0.05) is 6.92 Å². The number of aromatic nitrogens is 1. The van der Waals surface area contributed by atoms with Crippen LogP contribution in [0.25, 0.3) is 0 Å². The molecule has 1 fully saturated rings. The largest absolute Gasteiger partial charge is 0.354 e. The Morgan fingerprint density at radius 1 is 1.27 bits per heavy atom. The van der Waals surface area contributed by atoms with Crippen LogP contribution in [0.4, 0.5) is 0 Å². The molecule has 1 atom stereocenters. The lowest BCUT2D eigenvalue weighted by molar-refractivity contribution is -0.157. The number of hydrogen-bond acceptors (Lipinski definition) is 4. The monoisotopic (exact) mass is 363 g/mol. The van der Waals surface area contributed by atoms with Crippen LogP contribution in [0, 0.1) is 5.92 Å². The molecule has 7 nitrogen and oxygen atoms in total. The zero-order chi connectivity index (χ0) is 18.7. The topological polar surface area (TPSA) is 72.8 Å². The van der Waals surface area contributed by atoms with Gasteiger partial charge in [0, 0.05) is 26.5 Å². The molecule has 7 heteroatoms. The van der Waals surface area contributed by atoms with Gasteiger partial charge >= 0.3 is 0 Å². The highest BCUT2D eigenvalue weighted by Crippen LogP contribution is 2.29. The summed E-state index contributed by atoms with van der Waals surface area (Å²) in [6.07, 6.45) is 5.53. The van der Waals surface area contributed by atoms with E-state index in [4.69, 9.17) is 9.47 Å². The third kappa shape index (κ3) is 3.94. The third-order valence-corrected chi connectivity index (χ3v) is 5.56. The van der Waals surface area contributed by atoms with Gasteiger partial charge in [0.1, 0.15) is 6.54 Å². The molecule has 1 aliphatic carbocycles. The Balaban J connectivity index is 1.79. The number of ether oxygens (including phenoxy) is 2. The van der Waals surface area contributed by atoms with E-state index >= 15 is 0 Å². The maximum absolute atomic E-state index is 13.1. The molecule has 1 unspecified atom stereocenters. The first-order valence-electron chi connectivity index (χ1n) is 9.34. The second-order valence-electron chi connectivity index (χ2n) is 7.38. The quantitative estimate of drug-likeness (QED) is 0.781. The molecule has 0 aromatic carbocycles. The number of fused-ring (bicyclic) bond motifs is 1. The van der Waals surface area contributed by atoms with E-state index in [0.29, 0.717) is 0 Å². The molecule has 1 aromatic heterocycles. The number of methoxy groups -OCH3 is 2. The van der Waals surface area contributed by atoms with Gasteiger partial charge in [0.2, 0.25) is 11.8 Å². The Kier molecular flexibility index (Phi) is 5.98. The maximum Gasteiger partial charge on any atom is 0.249 e. The fourth-order valence-electron chi connectivity index (χ4n) is 3.93. The Morgan fingerprint density at radius 3 is 2.62 bits per heavy atom. The lowest BCUT2D eigenvalue weighted by atomic mass is 9.87. The standard InChI is InChI=1S/C19H29N3O4/c1-13-6-8-14(9-7-13)20-19(24)18-15-5-4-10-21(15)11-16(23)22(18)12-17(25-2)26-3/h4-5,10,13-14,17-18H,6-9,11-12H2,1-3H3,(H,20,24). The van der Waals surface area contributed by atoms with Crippen molar-refractivity contribution in [1.29, 1.82) is 0 Å². The van der Waals surface area contributed by atoms with Crippen LogP contribution in [0.5, 0.6) is 0 Å². The number of nitrogens with zero attached hydrogens (tertiary/aromatic N) is 2. The summed E-state index contributed by atoms with van der Waals surface area (Å²) in [6, 6.07) is 3.31. The van der Waals surface area contributed by atoms with Crippen LogP contribution in [-0.4, -0.2) is 54.4 Å². The Hall–Kier alpha value is -1.86. The zero-order valence-electron chi connectivity index (χ0n) is 15.8. The van der Waals surface area contributed by atoms with Gasteiger partial charge in [-0.3, -0.25) is 9.59 Å². The number of nitrogens with one attached hydrogen (secondary N) is 1. The first-order valence-corrected chi connectivity index (χ1v) is 9.34. The molecule has 26 heavy (non-hydrogen) atoms. The van der Waals surface area contributed by atoms with E-state index in [1.54, 1.807) is 4.90 Å². The van der Waals surface area contributed by atoms with Crippen LogP contribution >= 0.6 is 0 Å². The number of amides is 2. The predicted molar refractivity (Wildman–Crippen MR) is 96.3 cm³/mol. The van der Waals surface area contributed by atoms with Crippen molar-refractivity contribution < 1.29 is 19.1 Å². The average molecular weight is 363 g/mol. The van der Waals surface area contributed by atoms with E-state index in [1.165, 1.54) is 14.2 Å². The van der Waals surface area contributed by atoms with E-state index in [9.17, 15) is 9.59 Å². The first kappa shape index (κ1) is 18.9. The fraction of sp³-hybridized carbons (Fsp3) is 0.684. The fourth-order valence-corrected chi connectivity index (χ4v) is 3.93. The summed E-state index contributed by atoms with van der Waals surface area (Å²) in [4.78, 5) is 27.4. The maximum atomic E-state index is 13.1. The molecule has 1 aromatic rings. The average Bonchev–Trinajstić information content (AvgIpc) is 3.09. The van der Waals surface area contributed by atoms with Gasteiger partial charge in [-0.25, -0.2) is 0 Å². The van der Waals surface area contributed by atoms with Crippen LogP contribution in [0.15, 0.2) is 18.3 Å². The normalized spacial score (nSPS) is 26.1. The summed E-state index contributed by atoms with van der Waals surface area (Å²) in [5.74, 6) is 0.492. The minimum Gasteiger partial charge on any atom is -0.354 e. The van der Waals surface area contributed by atoms with Crippen molar-refractivity contribution in [2.24, 2.45) is 5.92 Å². The number of carbonyl (C=O) groups excluding carboxylic acids is 2. The second kappa shape index (κ2) is 8.22. The van der Waals surface area contributed by atoms with Gasteiger partial charge in [-0.15, -0.1) is 0 Å². The van der Waals surface area contributed by atoms with Crippen molar-refractivity contribution in [3.63, 3.8) is 0 Å². The number of rotatable bonds is 6. The third-order valence-electron chi connectivity index (χ3n) is 5.56. The van der Waals surface area contributed by atoms with Crippen molar-refractivity contribution >= 4 is 11.8 Å². The molecule has 0 saturated heterocycles. The molecular weight excluding hydrogens is 334 g/mol. The predicted octanol–water partition coefficient (Wildman–Crippen LogP) is 1.69. The molecule has 0 bridgehead atoms. The molecule has 1 aliphatic heterocycles. The summed E-state index contributed by atoms with van der Waals surface area (Å²) in [5, 5.41) is 3.17. The Morgan fingerprint density at radius 2 is 1.96 bits per heavy atom. The second-order valence-corrected chi connectivity index (χ2v) is 7.38. The molecule has 2 heterocycles. The van der Waals surface area contributed by atoms with Crippen LogP contribution in [0.1, 0.15) is 44.3 Å². The van der Waals surface area contributed by atoms with E-state index in [-0.39, 0.29) is 30.9 Å². The minimum absolute atomic E-state index is 0.106. The highest BCUT2D eigenvalue weighted by atomic mass is 16.7. The van der Waals surface area contributed by atoms with Crippen LogP contribution < -0.4 is 5.32 Å². The highest BCUT2D eigenvalue weighted by Gasteiger charge is 2.39. The SMILES string of the molecule is COC(CN1C(=O)Cn2cccc2C1C(=O)NC1CCC(C)CC1)OC. The highest BCUT2D eigenvalue weighted by molar-refractivity contribution is 5.90. The van der Waals surface area contributed by atoms with Gasteiger partial charge in [-0.2, -0.15) is 0 Å². The first-order chi connectivity index (χ1) is 12.5. The van der Waals surface area contributed by atoms with Gasteiger partial charge in [0.05, 0.1) is 12.2 Å². The zero-order valence-corrected chi connectivity index (χ0v) is 15.8. The lowest BCUT2D eigenvalue weighted by Crippen LogP contribution is -2.53. The minimum atomic E-state index is -0.654. The lowest BCUT2D eigenvalue weighted by Gasteiger charge is -2.38. The molecular formula is C19H29N3O4. The Bertz CT molecular complexity index is 632.